The zero-order chi connectivity index (χ0) is 21.4. The van der Waals surface area contributed by atoms with Gasteiger partial charge in [0.1, 0.15) is 12.2 Å². The van der Waals surface area contributed by atoms with Crippen molar-refractivity contribution in [2.24, 2.45) is 0 Å². The molecule has 2 fully saturated rings. The number of benzene rings is 2. The molecular formula is C22H28NO6P. The molecule has 162 valence electrons. The molecule has 0 aliphatic carbocycles. The average Bonchev–Trinajstić information content (AvgIpc) is 3.17. The van der Waals surface area contributed by atoms with Gasteiger partial charge in [0.05, 0.1) is 19.3 Å². The molecule has 2 aliphatic rings. The molecule has 2 aliphatic heterocycles. The molecule has 1 N–H and O–H groups in total. The Morgan fingerprint density at radius 1 is 0.933 bits per heavy atom. The van der Waals surface area contributed by atoms with Crippen molar-refractivity contribution >= 4 is 7.60 Å². The van der Waals surface area contributed by atoms with Crippen molar-refractivity contribution in [1.82, 2.24) is 5.06 Å². The Morgan fingerprint density at radius 3 is 1.90 bits per heavy atom. The van der Waals surface area contributed by atoms with Gasteiger partial charge in [0.2, 0.25) is 0 Å². The van der Waals surface area contributed by atoms with Gasteiger partial charge in [-0.15, -0.1) is 0 Å². The lowest BCUT2D eigenvalue weighted by Crippen LogP contribution is -2.40. The van der Waals surface area contributed by atoms with E-state index in [1.165, 1.54) is 0 Å². The van der Waals surface area contributed by atoms with Gasteiger partial charge in [-0.25, -0.2) is 0 Å². The van der Waals surface area contributed by atoms with Crippen LogP contribution in [0.15, 0.2) is 60.7 Å². The van der Waals surface area contributed by atoms with Gasteiger partial charge in [0, 0.05) is 0 Å². The summed E-state index contributed by atoms with van der Waals surface area (Å²) in [6, 6.07) is 18.5. The highest BCUT2D eigenvalue weighted by atomic mass is 31.2. The number of fused-ring (bicyclic) bond motifs is 1. The smallest absolute Gasteiger partial charge is 0.343 e. The lowest BCUT2D eigenvalue weighted by Gasteiger charge is -2.32. The fourth-order valence-electron chi connectivity index (χ4n) is 3.96. The van der Waals surface area contributed by atoms with Crippen LogP contribution in [-0.2, 0) is 36.3 Å². The molecule has 2 aromatic carbocycles. The average molecular weight is 433 g/mol. The van der Waals surface area contributed by atoms with Crippen LogP contribution in [-0.4, -0.2) is 40.1 Å². The van der Waals surface area contributed by atoms with Gasteiger partial charge in [0.25, 0.3) is 0 Å². The monoisotopic (exact) mass is 433 g/mol. The van der Waals surface area contributed by atoms with E-state index < -0.39 is 37.4 Å². The lowest BCUT2D eigenvalue weighted by molar-refractivity contribution is -0.204. The molecule has 0 spiro atoms. The maximum absolute atomic E-state index is 14.1. The van der Waals surface area contributed by atoms with Gasteiger partial charge >= 0.3 is 7.60 Å². The third-order valence-electron chi connectivity index (χ3n) is 5.45. The molecule has 0 unspecified atom stereocenters. The number of ether oxygens (including phenoxy) is 2. The normalized spacial score (nSPS) is 28.5. The Balaban J connectivity index is 1.60. The Hall–Kier alpha value is -1.57. The third kappa shape index (κ3) is 4.39. The summed E-state index contributed by atoms with van der Waals surface area (Å²) in [5.41, 5.74) is 1.72. The van der Waals surface area contributed by atoms with Gasteiger partial charge in [-0.2, -0.15) is 5.06 Å². The van der Waals surface area contributed by atoms with Crippen LogP contribution >= 0.6 is 7.60 Å². The zero-order valence-electron chi connectivity index (χ0n) is 17.4. The van der Waals surface area contributed by atoms with Crippen molar-refractivity contribution in [2.45, 2.75) is 63.8 Å². The lowest BCUT2D eigenvalue weighted by atomic mass is 10.2. The van der Waals surface area contributed by atoms with E-state index >= 15 is 0 Å². The second-order valence-electron chi connectivity index (χ2n) is 8.16. The number of hydrogen-bond acceptors (Lipinski definition) is 7. The van der Waals surface area contributed by atoms with E-state index in [2.05, 4.69) is 0 Å². The molecule has 2 heterocycles. The number of hydroxylamine groups is 2. The van der Waals surface area contributed by atoms with Gasteiger partial charge in [-0.3, -0.25) is 4.57 Å². The van der Waals surface area contributed by atoms with Crippen LogP contribution in [0.25, 0.3) is 0 Å². The van der Waals surface area contributed by atoms with Crippen molar-refractivity contribution in [3.05, 3.63) is 71.8 Å². The van der Waals surface area contributed by atoms with Crippen LogP contribution in [0.4, 0.5) is 0 Å². The van der Waals surface area contributed by atoms with Crippen LogP contribution in [0.5, 0.6) is 0 Å². The van der Waals surface area contributed by atoms with E-state index in [4.69, 9.17) is 18.5 Å². The molecule has 4 rings (SSSR count). The van der Waals surface area contributed by atoms with Gasteiger partial charge in [-0.1, -0.05) is 60.7 Å². The number of rotatable bonds is 7. The van der Waals surface area contributed by atoms with Crippen LogP contribution in [0.3, 0.4) is 0 Å². The topological polar surface area (TPSA) is 77.5 Å². The minimum Gasteiger partial charge on any atom is -0.343 e. The quantitative estimate of drug-likeness (QED) is 0.642. The molecule has 0 radical (unpaired) electrons. The number of hydrogen-bond donors (Lipinski definition) is 1. The SMILES string of the molecule is C[C@H]1[C@H]2OC(C)(C)O[C@H]2[C@H](P(=O)(OCc2ccccc2)OCc2ccccc2)N1O. The first-order valence-electron chi connectivity index (χ1n) is 10.1. The van der Waals surface area contributed by atoms with Gasteiger partial charge in [0.15, 0.2) is 11.6 Å². The molecule has 8 heteroatoms. The summed E-state index contributed by atoms with van der Waals surface area (Å²) >= 11 is 0. The molecule has 0 amide bonds. The summed E-state index contributed by atoms with van der Waals surface area (Å²) < 4.78 is 37.9. The highest BCUT2D eigenvalue weighted by molar-refractivity contribution is 7.54. The van der Waals surface area contributed by atoms with Crippen LogP contribution in [0, 0.1) is 0 Å². The van der Waals surface area contributed by atoms with Crippen molar-refractivity contribution < 1.29 is 28.3 Å². The second-order valence-corrected chi connectivity index (χ2v) is 10.3. The summed E-state index contributed by atoms with van der Waals surface area (Å²) in [5.74, 6) is -1.83. The van der Waals surface area contributed by atoms with E-state index in [0.717, 1.165) is 16.2 Å². The maximum Gasteiger partial charge on any atom is 0.353 e. The van der Waals surface area contributed by atoms with Crippen LogP contribution < -0.4 is 0 Å². The summed E-state index contributed by atoms with van der Waals surface area (Å²) in [5, 5.41) is 11.8. The highest BCUT2D eigenvalue weighted by Crippen LogP contribution is 2.61. The zero-order valence-corrected chi connectivity index (χ0v) is 18.3. The summed E-state index contributed by atoms with van der Waals surface area (Å²) in [6.45, 7) is 5.59. The molecular weight excluding hydrogens is 405 g/mol. The van der Waals surface area contributed by atoms with Crippen molar-refractivity contribution in [2.75, 3.05) is 0 Å². The van der Waals surface area contributed by atoms with Gasteiger partial charge in [-0.05, 0) is 31.9 Å². The minimum atomic E-state index is -3.85. The molecule has 30 heavy (non-hydrogen) atoms. The molecule has 2 aromatic rings. The first-order valence-corrected chi connectivity index (χ1v) is 11.7. The predicted octanol–water partition coefficient (Wildman–Crippen LogP) is 4.55. The molecule has 0 aromatic heterocycles. The highest BCUT2D eigenvalue weighted by Gasteiger charge is 2.63. The first-order chi connectivity index (χ1) is 14.3. The minimum absolute atomic E-state index is 0.0905. The summed E-state index contributed by atoms with van der Waals surface area (Å²) in [6.07, 6.45) is -1.08. The fraction of sp³-hybridized carbons (Fsp3) is 0.455. The van der Waals surface area contributed by atoms with E-state index in [1.807, 2.05) is 60.7 Å². The van der Waals surface area contributed by atoms with Crippen molar-refractivity contribution in [1.29, 1.82) is 0 Å². The maximum atomic E-state index is 14.1. The Labute approximate surface area is 177 Å². The Kier molecular flexibility index (Phi) is 6.15. The fourth-order valence-corrected chi connectivity index (χ4v) is 6.08. The van der Waals surface area contributed by atoms with E-state index in [1.54, 1.807) is 20.8 Å². The molecule has 4 atom stereocenters. The van der Waals surface area contributed by atoms with Crippen LogP contribution in [0.2, 0.25) is 0 Å². The van der Waals surface area contributed by atoms with E-state index in [0.29, 0.717) is 0 Å². The van der Waals surface area contributed by atoms with Crippen LogP contribution in [0.1, 0.15) is 31.9 Å². The molecule has 7 nitrogen and oxygen atoms in total. The molecule has 2 saturated heterocycles. The third-order valence-corrected chi connectivity index (χ3v) is 7.61. The standard InChI is InChI=1S/C22H28NO6P/c1-16-19-20(29-22(2,3)28-19)21(23(16)24)30(25,26-14-17-10-6-4-7-11-17)27-15-18-12-8-5-9-13-18/h4-13,16,19-21,24H,14-15H2,1-3H3/t16-,19+,20+,21-/m0/s1. The largest absolute Gasteiger partial charge is 0.353 e. The summed E-state index contributed by atoms with van der Waals surface area (Å²) in [7, 11) is -3.85. The Morgan fingerprint density at radius 2 is 1.40 bits per heavy atom. The van der Waals surface area contributed by atoms with E-state index in [-0.39, 0.29) is 13.2 Å². The molecule has 0 saturated carbocycles. The van der Waals surface area contributed by atoms with Crippen molar-refractivity contribution in [3.63, 3.8) is 0 Å². The van der Waals surface area contributed by atoms with E-state index in [9.17, 15) is 9.77 Å². The molecule has 0 bridgehead atoms. The Bertz CT molecular complexity index is 846. The number of nitrogens with zero attached hydrogens (tertiary/aromatic N) is 1. The predicted molar refractivity (Wildman–Crippen MR) is 111 cm³/mol. The summed E-state index contributed by atoms with van der Waals surface area (Å²) in [4.78, 5) is 0. The first kappa shape index (κ1) is 21.7. The van der Waals surface area contributed by atoms with Crippen molar-refractivity contribution in [3.8, 4) is 0 Å². The van der Waals surface area contributed by atoms with Gasteiger partial charge < -0.3 is 23.7 Å². The second kappa shape index (κ2) is 8.52.